The van der Waals surface area contributed by atoms with Crippen molar-refractivity contribution >= 4 is 17.7 Å². The highest BCUT2D eigenvalue weighted by Gasteiger charge is 2.48. The standard InChI is InChI=1S/C22H22N2O3/c1-3-14-22(2)21(27)23(19(25)17-10-6-4-7-11-17)15-16-24(22)20(26)18-12-8-5-9-13-18/h3-13H,1,14-16H2,2H3/t22-/m1/s1. The number of carbonyl (C=O) groups is 3. The number of carbonyl (C=O) groups excluding carboxylic acids is 3. The molecule has 1 fully saturated rings. The van der Waals surface area contributed by atoms with Crippen LogP contribution in [-0.2, 0) is 4.79 Å². The van der Waals surface area contributed by atoms with Crippen LogP contribution < -0.4 is 0 Å². The zero-order valence-corrected chi connectivity index (χ0v) is 15.3. The van der Waals surface area contributed by atoms with Crippen LogP contribution in [0.1, 0.15) is 34.1 Å². The first-order valence-electron chi connectivity index (χ1n) is 8.88. The van der Waals surface area contributed by atoms with E-state index >= 15 is 0 Å². The summed E-state index contributed by atoms with van der Waals surface area (Å²) in [7, 11) is 0. The topological polar surface area (TPSA) is 57.7 Å². The van der Waals surface area contributed by atoms with Crippen molar-refractivity contribution in [2.24, 2.45) is 0 Å². The lowest BCUT2D eigenvalue weighted by molar-refractivity contribution is -0.144. The van der Waals surface area contributed by atoms with E-state index in [2.05, 4.69) is 6.58 Å². The second kappa shape index (κ2) is 7.58. The van der Waals surface area contributed by atoms with Gasteiger partial charge in [0.2, 0.25) is 0 Å². The Morgan fingerprint density at radius 3 is 2.00 bits per heavy atom. The largest absolute Gasteiger partial charge is 0.322 e. The van der Waals surface area contributed by atoms with Crippen LogP contribution in [0.15, 0.2) is 73.3 Å². The fourth-order valence-electron chi connectivity index (χ4n) is 3.43. The van der Waals surface area contributed by atoms with Gasteiger partial charge in [-0.3, -0.25) is 19.3 Å². The van der Waals surface area contributed by atoms with Gasteiger partial charge in [0.05, 0.1) is 0 Å². The number of benzene rings is 2. The minimum Gasteiger partial charge on any atom is -0.322 e. The van der Waals surface area contributed by atoms with Crippen molar-refractivity contribution in [1.29, 1.82) is 0 Å². The normalized spacial score (nSPS) is 19.7. The molecule has 0 aromatic heterocycles. The van der Waals surface area contributed by atoms with Gasteiger partial charge in [0.1, 0.15) is 5.54 Å². The average molecular weight is 362 g/mol. The molecule has 0 bridgehead atoms. The molecule has 1 aliphatic heterocycles. The van der Waals surface area contributed by atoms with E-state index in [-0.39, 0.29) is 37.2 Å². The highest BCUT2D eigenvalue weighted by Crippen LogP contribution is 2.29. The second-order valence-electron chi connectivity index (χ2n) is 6.72. The molecular weight excluding hydrogens is 340 g/mol. The molecule has 0 aliphatic carbocycles. The van der Waals surface area contributed by atoms with E-state index < -0.39 is 5.54 Å². The molecule has 2 aromatic rings. The van der Waals surface area contributed by atoms with E-state index in [1.807, 2.05) is 12.1 Å². The van der Waals surface area contributed by atoms with Gasteiger partial charge >= 0.3 is 0 Å². The molecular formula is C22H22N2O3. The molecule has 138 valence electrons. The Hall–Kier alpha value is -3.21. The molecule has 2 aromatic carbocycles. The summed E-state index contributed by atoms with van der Waals surface area (Å²) in [6, 6.07) is 17.6. The number of amides is 3. The SMILES string of the molecule is C=CC[C@]1(C)C(=O)N(C(=O)c2ccccc2)CCN1C(=O)c1ccccc1. The predicted octanol–water partition coefficient (Wildman–Crippen LogP) is 3.15. The summed E-state index contributed by atoms with van der Waals surface area (Å²) >= 11 is 0. The van der Waals surface area contributed by atoms with Crippen molar-refractivity contribution in [2.45, 2.75) is 18.9 Å². The summed E-state index contributed by atoms with van der Waals surface area (Å²) in [4.78, 5) is 41.9. The maximum atomic E-state index is 13.3. The number of nitrogens with zero attached hydrogens (tertiary/aromatic N) is 2. The van der Waals surface area contributed by atoms with E-state index in [9.17, 15) is 14.4 Å². The molecule has 0 N–H and O–H groups in total. The average Bonchev–Trinajstić information content (AvgIpc) is 2.71. The molecule has 27 heavy (non-hydrogen) atoms. The fourth-order valence-corrected chi connectivity index (χ4v) is 3.43. The smallest absolute Gasteiger partial charge is 0.260 e. The molecule has 1 aliphatic rings. The Morgan fingerprint density at radius 2 is 1.48 bits per heavy atom. The van der Waals surface area contributed by atoms with E-state index in [1.165, 1.54) is 4.90 Å². The summed E-state index contributed by atoms with van der Waals surface area (Å²) in [6.07, 6.45) is 1.88. The summed E-state index contributed by atoms with van der Waals surface area (Å²) < 4.78 is 0. The molecule has 3 amide bonds. The summed E-state index contributed by atoms with van der Waals surface area (Å²) in [6.45, 7) is 5.88. The van der Waals surface area contributed by atoms with E-state index in [4.69, 9.17) is 0 Å². The number of rotatable bonds is 4. The molecule has 5 nitrogen and oxygen atoms in total. The number of piperazine rings is 1. The molecule has 5 heteroatoms. The Balaban J connectivity index is 1.92. The number of hydrogen-bond acceptors (Lipinski definition) is 3. The first-order chi connectivity index (χ1) is 13.0. The first kappa shape index (κ1) is 18.6. The van der Waals surface area contributed by atoms with Crippen molar-refractivity contribution in [3.63, 3.8) is 0 Å². The lowest BCUT2D eigenvalue weighted by atomic mass is 9.89. The van der Waals surface area contributed by atoms with Crippen molar-refractivity contribution in [3.05, 3.63) is 84.4 Å². The van der Waals surface area contributed by atoms with Gasteiger partial charge in [0.25, 0.3) is 17.7 Å². The van der Waals surface area contributed by atoms with E-state index in [0.717, 1.165) is 0 Å². The number of imide groups is 1. The molecule has 1 heterocycles. The van der Waals surface area contributed by atoms with Gasteiger partial charge < -0.3 is 4.90 Å². The van der Waals surface area contributed by atoms with E-state index in [0.29, 0.717) is 11.1 Å². The van der Waals surface area contributed by atoms with Gasteiger partial charge in [-0.05, 0) is 37.6 Å². The van der Waals surface area contributed by atoms with Gasteiger partial charge in [-0.1, -0.05) is 42.5 Å². The van der Waals surface area contributed by atoms with Crippen LogP contribution in [0, 0.1) is 0 Å². The molecule has 0 spiro atoms. The second-order valence-corrected chi connectivity index (χ2v) is 6.72. The monoisotopic (exact) mass is 362 g/mol. The van der Waals surface area contributed by atoms with Crippen LogP contribution in [0.25, 0.3) is 0 Å². The Kier molecular flexibility index (Phi) is 5.21. The van der Waals surface area contributed by atoms with Gasteiger partial charge in [-0.2, -0.15) is 0 Å². The van der Waals surface area contributed by atoms with Gasteiger partial charge in [0, 0.05) is 24.2 Å². The van der Waals surface area contributed by atoms with Gasteiger partial charge in [-0.25, -0.2) is 0 Å². The molecule has 0 saturated carbocycles. The summed E-state index contributed by atoms with van der Waals surface area (Å²) in [5, 5.41) is 0. The van der Waals surface area contributed by atoms with Gasteiger partial charge in [-0.15, -0.1) is 6.58 Å². The van der Waals surface area contributed by atoms with Crippen molar-refractivity contribution in [3.8, 4) is 0 Å². The van der Waals surface area contributed by atoms with Crippen LogP contribution in [0.2, 0.25) is 0 Å². The quantitative estimate of drug-likeness (QED) is 0.620. The zero-order chi connectivity index (χ0) is 19.4. The first-order valence-corrected chi connectivity index (χ1v) is 8.88. The van der Waals surface area contributed by atoms with Gasteiger partial charge in [0.15, 0.2) is 0 Å². The summed E-state index contributed by atoms with van der Waals surface area (Å²) in [5.41, 5.74) is -0.185. The van der Waals surface area contributed by atoms with Crippen molar-refractivity contribution in [2.75, 3.05) is 13.1 Å². The molecule has 0 radical (unpaired) electrons. The Morgan fingerprint density at radius 1 is 0.963 bits per heavy atom. The maximum Gasteiger partial charge on any atom is 0.260 e. The maximum absolute atomic E-state index is 13.3. The predicted molar refractivity (Wildman–Crippen MR) is 103 cm³/mol. The molecule has 3 rings (SSSR count). The van der Waals surface area contributed by atoms with Crippen LogP contribution >= 0.6 is 0 Å². The van der Waals surface area contributed by atoms with Crippen LogP contribution in [-0.4, -0.2) is 46.1 Å². The fraction of sp³-hybridized carbons (Fsp3) is 0.227. The minimum atomic E-state index is -1.16. The lowest BCUT2D eigenvalue weighted by Gasteiger charge is -2.46. The third kappa shape index (κ3) is 3.40. The van der Waals surface area contributed by atoms with Crippen LogP contribution in [0.5, 0.6) is 0 Å². The molecule has 1 saturated heterocycles. The van der Waals surface area contributed by atoms with Crippen molar-refractivity contribution in [1.82, 2.24) is 9.80 Å². The third-order valence-corrected chi connectivity index (χ3v) is 4.92. The van der Waals surface area contributed by atoms with Crippen molar-refractivity contribution < 1.29 is 14.4 Å². The lowest BCUT2D eigenvalue weighted by Crippen LogP contribution is -2.66. The zero-order valence-electron chi connectivity index (χ0n) is 15.3. The third-order valence-electron chi connectivity index (χ3n) is 4.92. The molecule has 1 atom stereocenters. The minimum absolute atomic E-state index is 0.165. The summed E-state index contributed by atoms with van der Waals surface area (Å²) in [5.74, 6) is -0.949. The van der Waals surface area contributed by atoms with Crippen LogP contribution in [0.3, 0.4) is 0 Å². The number of hydrogen-bond donors (Lipinski definition) is 0. The Bertz CT molecular complexity index is 864. The molecule has 0 unspecified atom stereocenters. The van der Waals surface area contributed by atoms with E-state index in [1.54, 1.807) is 66.4 Å². The Labute approximate surface area is 158 Å². The van der Waals surface area contributed by atoms with Crippen LogP contribution in [0.4, 0.5) is 0 Å². The highest BCUT2D eigenvalue weighted by molar-refractivity contribution is 6.09. The highest BCUT2D eigenvalue weighted by atomic mass is 16.2.